The second-order valence-electron chi connectivity index (χ2n) is 5.73. The van der Waals surface area contributed by atoms with E-state index >= 15 is 0 Å². The van der Waals surface area contributed by atoms with Gasteiger partial charge >= 0.3 is 0 Å². The van der Waals surface area contributed by atoms with Crippen molar-refractivity contribution in [2.45, 2.75) is 51.9 Å². The molecule has 2 rings (SSSR count). The van der Waals surface area contributed by atoms with Crippen LogP contribution in [0.1, 0.15) is 51.9 Å². The maximum Gasteiger partial charge on any atom is 0.0471 e. The lowest BCUT2D eigenvalue weighted by Gasteiger charge is -2.17. The van der Waals surface area contributed by atoms with Crippen LogP contribution in [0.4, 0.5) is 0 Å². The van der Waals surface area contributed by atoms with Gasteiger partial charge in [-0.1, -0.05) is 12.8 Å². The summed E-state index contributed by atoms with van der Waals surface area (Å²) in [6.07, 6.45) is 9.93. The van der Waals surface area contributed by atoms with Gasteiger partial charge in [0.2, 0.25) is 0 Å². The molecule has 2 heteroatoms. The summed E-state index contributed by atoms with van der Waals surface area (Å²) in [5.74, 6) is 0.975. The van der Waals surface area contributed by atoms with E-state index in [2.05, 4.69) is 12.2 Å². The SMILES string of the molecule is CCOCCC1(CNCC2CCCC2)CC1. The van der Waals surface area contributed by atoms with E-state index in [1.807, 2.05) is 0 Å². The van der Waals surface area contributed by atoms with E-state index in [1.165, 1.54) is 58.0 Å². The minimum absolute atomic E-state index is 0.619. The smallest absolute Gasteiger partial charge is 0.0471 e. The van der Waals surface area contributed by atoms with Crippen LogP contribution in [0.15, 0.2) is 0 Å². The molecule has 2 aliphatic carbocycles. The first kappa shape index (κ1) is 12.4. The van der Waals surface area contributed by atoms with Crippen molar-refractivity contribution in [2.75, 3.05) is 26.3 Å². The Morgan fingerprint density at radius 1 is 1.25 bits per heavy atom. The standard InChI is InChI=1S/C14H27NO/c1-2-16-10-9-14(7-8-14)12-15-11-13-5-3-4-6-13/h13,15H,2-12H2,1H3. The quantitative estimate of drug-likeness (QED) is 0.641. The Bertz CT molecular complexity index is 195. The van der Waals surface area contributed by atoms with Gasteiger partial charge in [0.25, 0.3) is 0 Å². The fourth-order valence-corrected chi connectivity index (χ4v) is 2.88. The molecule has 0 aliphatic heterocycles. The molecular weight excluding hydrogens is 198 g/mol. The Kier molecular flexibility index (Phi) is 4.66. The lowest BCUT2D eigenvalue weighted by molar-refractivity contribution is 0.127. The van der Waals surface area contributed by atoms with Crippen LogP contribution >= 0.6 is 0 Å². The Balaban J connectivity index is 1.54. The number of hydrogen-bond donors (Lipinski definition) is 1. The molecule has 0 spiro atoms. The van der Waals surface area contributed by atoms with Gasteiger partial charge in [-0.25, -0.2) is 0 Å². The van der Waals surface area contributed by atoms with E-state index in [9.17, 15) is 0 Å². The van der Waals surface area contributed by atoms with Gasteiger partial charge in [0.1, 0.15) is 0 Å². The molecule has 0 atom stereocenters. The third kappa shape index (κ3) is 3.74. The van der Waals surface area contributed by atoms with Crippen LogP contribution in [0.25, 0.3) is 0 Å². The van der Waals surface area contributed by atoms with Gasteiger partial charge in [0.15, 0.2) is 0 Å². The van der Waals surface area contributed by atoms with Crippen molar-refractivity contribution >= 4 is 0 Å². The molecule has 2 aliphatic rings. The molecule has 94 valence electrons. The van der Waals surface area contributed by atoms with Gasteiger partial charge in [-0.3, -0.25) is 0 Å². The van der Waals surface area contributed by atoms with Crippen molar-refractivity contribution < 1.29 is 4.74 Å². The molecule has 0 radical (unpaired) electrons. The molecule has 1 N–H and O–H groups in total. The molecule has 0 amide bonds. The lowest BCUT2D eigenvalue weighted by Crippen LogP contribution is -2.29. The Morgan fingerprint density at radius 2 is 2.00 bits per heavy atom. The van der Waals surface area contributed by atoms with Gasteiger partial charge in [-0.15, -0.1) is 0 Å². The van der Waals surface area contributed by atoms with Gasteiger partial charge in [-0.2, -0.15) is 0 Å². The summed E-state index contributed by atoms with van der Waals surface area (Å²) in [5, 5.41) is 3.70. The van der Waals surface area contributed by atoms with E-state index in [0.29, 0.717) is 5.41 Å². The third-order valence-electron chi connectivity index (χ3n) is 4.35. The maximum absolute atomic E-state index is 5.46. The predicted molar refractivity (Wildman–Crippen MR) is 67.6 cm³/mol. The third-order valence-corrected chi connectivity index (χ3v) is 4.35. The number of nitrogens with one attached hydrogen (secondary N) is 1. The largest absolute Gasteiger partial charge is 0.382 e. The molecule has 0 heterocycles. The average molecular weight is 225 g/mol. The molecule has 16 heavy (non-hydrogen) atoms. The van der Waals surface area contributed by atoms with E-state index in [-0.39, 0.29) is 0 Å². The lowest BCUT2D eigenvalue weighted by atomic mass is 10.0. The molecular formula is C14H27NO. The zero-order chi connectivity index (χ0) is 11.3. The summed E-state index contributed by atoms with van der Waals surface area (Å²) < 4.78 is 5.46. The van der Waals surface area contributed by atoms with Gasteiger partial charge in [0.05, 0.1) is 0 Å². The van der Waals surface area contributed by atoms with E-state index in [4.69, 9.17) is 4.74 Å². The molecule has 0 saturated heterocycles. The van der Waals surface area contributed by atoms with E-state index in [0.717, 1.165) is 19.1 Å². The Morgan fingerprint density at radius 3 is 2.62 bits per heavy atom. The van der Waals surface area contributed by atoms with Crippen molar-refractivity contribution in [3.05, 3.63) is 0 Å². The summed E-state index contributed by atoms with van der Waals surface area (Å²) in [7, 11) is 0. The number of rotatable bonds is 8. The summed E-state index contributed by atoms with van der Waals surface area (Å²) in [6.45, 7) is 6.40. The minimum Gasteiger partial charge on any atom is -0.382 e. The molecule has 0 bridgehead atoms. The molecule has 2 saturated carbocycles. The highest BCUT2D eigenvalue weighted by molar-refractivity contribution is 4.94. The van der Waals surface area contributed by atoms with Gasteiger partial charge in [0, 0.05) is 19.8 Å². The van der Waals surface area contributed by atoms with Crippen LogP contribution in [-0.4, -0.2) is 26.3 Å². The topological polar surface area (TPSA) is 21.3 Å². The second kappa shape index (κ2) is 6.02. The van der Waals surface area contributed by atoms with Crippen molar-refractivity contribution in [3.8, 4) is 0 Å². The van der Waals surface area contributed by atoms with Crippen molar-refractivity contribution in [3.63, 3.8) is 0 Å². The number of hydrogen-bond acceptors (Lipinski definition) is 2. The van der Waals surface area contributed by atoms with Crippen LogP contribution in [0, 0.1) is 11.3 Å². The minimum atomic E-state index is 0.619. The van der Waals surface area contributed by atoms with Crippen molar-refractivity contribution in [1.82, 2.24) is 5.32 Å². The van der Waals surface area contributed by atoms with Crippen LogP contribution < -0.4 is 5.32 Å². The summed E-state index contributed by atoms with van der Waals surface area (Å²) in [5.41, 5.74) is 0.619. The van der Waals surface area contributed by atoms with Crippen molar-refractivity contribution in [2.24, 2.45) is 11.3 Å². The zero-order valence-electron chi connectivity index (χ0n) is 10.8. The maximum atomic E-state index is 5.46. The van der Waals surface area contributed by atoms with Crippen molar-refractivity contribution in [1.29, 1.82) is 0 Å². The molecule has 2 fully saturated rings. The first-order valence-corrected chi connectivity index (χ1v) is 7.13. The molecule has 0 aromatic carbocycles. The zero-order valence-corrected chi connectivity index (χ0v) is 10.8. The monoisotopic (exact) mass is 225 g/mol. The molecule has 0 unspecified atom stereocenters. The summed E-state index contributed by atoms with van der Waals surface area (Å²) >= 11 is 0. The first-order valence-electron chi connectivity index (χ1n) is 7.13. The highest BCUT2D eigenvalue weighted by Gasteiger charge is 2.41. The Hall–Kier alpha value is -0.0800. The van der Waals surface area contributed by atoms with Crippen LogP contribution in [0.2, 0.25) is 0 Å². The second-order valence-corrected chi connectivity index (χ2v) is 5.73. The predicted octanol–water partition coefficient (Wildman–Crippen LogP) is 2.97. The first-order chi connectivity index (χ1) is 7.85. The fourth-order valence-electron chi connectivity index (χ4n) is 2.88. The molecule has 0 aromatic heterocycles. The summed E-state index contributed by atoms with van der Waals surface area (Å²) in [6, 6.07) is 0. The number of ether oxygens (including phenoxy) is 1. The highest BCUT2D eigenvalue weighted by Crippen LogP contribution is 2.48. The van der Waals surface area contributed by atoms with Gasteiger partial charge < -0.3 is 10.1 Å². The molecule has 2 nitrogen and oxygen atoms in total. The average Bonchev–Trinajstić information content (AvgIpc) is 2.86. The Labute approximate surface area is 100 Å². The van der Waals surface area contributed by atoms with E-state index in [1.54, 1.807) is 0 Å². The normalized spacial score (nSPS) is 23.8. The molecule has 0 aromatic rings. The van der Waals surface area contributed by atoms with Crippen LogP contribution in [0.3, 0.4) is 0 Å². The van der Waals surface area contributed by atoms with Crippen LogP contribution in [-0.2, 0) is 4.74 Å². The summed E-state index contributed by atoms with van der Waals surface area (Å²) in [4.78, 5) is 0. The fraction of sp³-hybridized carbons (Fsp3) is 1.00. The van der Waals surface area contributed by atoms with Crippen LogP contribution in [0.5, 0.6) is 0 Å². The highest BCUT2D eigenvalue weighted by atomic mass is 16.5. The van der Waals surface area contributed by atoms with Gasteiger partial charge in [-0.05, 0) is 56.9 Å². The van der Waals surface area contributed by atoms with E-state index < -0.39 is 0 Å².